The number of hydrogen-bond acceptors (Lipinski definition) is 14. The van der Waals surface area contributed by atoms with Gasteiger partial charge in [-0.3, -0.25) is 24.0 Å². The summed E-state index contributed by atoms with van der Waals surface area (Å²) in [5.74, 6) is -0.384. The normalized spacial score (nSPS) is 13.8. The number of nitrogens with one attached hydrogen (secondary N) is 1. The molecule has 2 aromatic rings. The second kappa shape index (κ2) is 39.6. The Labute approximate surface area is 514 Å². The van der Waals surface area contributed by atoms with E-state index >= 15 is 0 Å². The molecule has 1 amide bonds. The Hall–Kier alpha value is -6.03. The van der Waals surface area contributed by atoms with E-state index in [1.54, 1.807) is 51.2 Å². The van der Waals surface area contributed by atoms with E-state index in [1.807, 2.05) is 158 Å². The van der Waals surface area contributed by atoms with Gasteiger partial charge in [0, 0.05) is 57.6 Å². The second-order valence-corrected chi connectivity index (χ2v) is 29.0. The van der Waals surface area contributed by atoms with Crippen molar-refractivity contribution in [3.05, 3.63) is 113 Å². The minimum Gasteiger partial charge on any atom is -0.466 e. The summed E-state index contributed by atoms with van der Waals surface area (Å²) in [5.41, 5.74) is 0.833. The van der Waals surface area contributed by atoms with Crippen molar-refractivity contribution < 1.29 is 56.5 Å². The first-order chi connectivity index (χ1) is 37.9. The molecule has 0 saturated heterocycles. The molecule has 14 nitrogen and oxygen atoms in total. The lowest BCUT2D eigenvalue weighted by Crippen LogP contribution is -2.40. The first kappa shape index (κ1) is 87.7. The zero-order chi connectivity index (χ0) is 68.5. The standard InChI is InChI=1S/C9H16O3.C9H14O.C9H16O.C8H11FN2OS.C8H11FN2.C8H13FO.C8H13NO.C8H14O/c1-9(2,3)12-7-5-6-8(10)11-4;1-9(2,3)7-5-4-6-8(7)10;1-7(2)6-8(10)9(3,4)5;1-8(2,3)11-6(12)5-4-13-7(9)10-5;1-8(2,3)6-4-10-7(9)11-5-6;1-6(9)5-7(10)8(2,3)4;1-6(5-9)7(10)8(2,3)4;1-5-6-7(9)8(2,3)4/h5-6H,7H2,1-4H3;4,6-7H,5H2,1-3H3;6H,1-5H3;4H,1-3H3,(H,11,12);4-5H,1-3H3;5H,1-4H3;7,10H,1H2,2-4H3;5-6H,1-4H3/b6-5+;;;;;6-5-;;6-5+. The predicted octanol–water partition coefficient (Wildman–Crippen LogP) is 16.1. The molecule has 0 saturated carbocycles. The first-order valence-corrected chi connectivity index (χ1v) is 28.8. The quantitative estimate of drug-likeness (QED) is 0.109. The number of esters is 1. The van der Waals surface area contributed by atoms with Crippen molar-refractivity contribution in [1.82, 2.24) is 20.3 Å². The van der Waals surface area contributed by atoms with Crippen LogP contribution in [0.1, 0.15) is 216 Å². The monoisotopic (exact) mass is 1220 g/mol. The van der Waals surface area contributed by atoms with Crippen LogP contribution in [-0.2, 0) is 38.9 Å². The lowest BCUT2D eigenvalue weighted by Gasteiger charge is -2.24. The van der Waals surface area contributed by atoms with Crippen LogP contribution >= 0.6 is 11.3 Å². The van der Waals surface area contributed by atoms with Crippen LogP contribution in [0, 0.1) is 55.7 Å². The summed E-state index contributed by atoms with van der Waals surface area (Å²) in [5, 5.41) is 21.2. The Balaban J connectivity index is -0.000000288. The Morgan fingerprint density at radius 2 is 1.25 bits per heavy atom. The van der Waals surface area contributed by atoms with Gasteiger partial charge in [-0.05, 0) is 116 Å². The number of rotatable bonds is 8. The van der Waals surface area contributed by atoms with Crippen LogP contribution in [0.3, 0.4) is 0 Å². The Morgan fingerprint density at radius 1 is 0.788 bits per heavy atom. The van der Waals surface area contributed by atoms with E-state index < -0.39 is 28.7 Å². The van der Waals surface area contributed by atoms with Gasteiger partial charge in [-0.15, -0.1) is 0 Å². The summed E-state index contributed by atoms with van der Waals surface area (Å²) in [4.78, 5) is 76.6. The van der Waals surface area contributed by atoms with Crippen molar-refractivity contribution in [2.45, 2.75) is 223 Å². The molecule has 0 aromatic carbocycles. The molecule has 18 heteroatoms. The third-order valence-corrected chi connectivity index (χ3v) is 11.0. The van der Waals surface area contributed by atoms with Crippen LogP contribution in [0.15, 0.2) is 89.9 Å². The maximum absolute atomic E-state index is 12.4. The number of carbonyl (C=O) groups is 6. The van der Waals surface area contributed by atoms with Gasteiger partial charge < -0.3 is 19.9 Å². The number of carbonyl (C=O) groups excluding carboxylic acids is 6. The highest BCUT2D eigenvalue weighted by Crippen LogP contribution is 2.33. The van der Waals surface area contributed by atoms with Gasteiger partial charge >= 0.3 is 12.0 Å². The molecule has 0 fully saturated rings. The Morgan fingerprint density at radius 3 is 1.48 bits per heavy atom. The third-order valence-electron chi connectivity index (χ3n) is 10.4. The van der Waals surface area contributed by atoms with Crippen molar-refractivity contribution >= 4 is 46.3 Å². The van der Waals surface area contributed by atoms with E-state index in [2.05, 4.69) is 52.4 Å². The maximum atomic E-state index is 12.4. The fourth-order valence-electron chi connectivity index (χ4n) is 5.16. The number of aliphatic hydroxyl groups excluding tert-OH is 1. The van der Waals surface area contributed by atoms with Gasteiger partial charge in [-0.1, -0.05) is 166 Å². The van der Waals surface area contributed by atoms with Crippen molar-refractivity contribution in [2.24, 2.45) is 33.0 Å². The molecule has 1 aliphatic carbocycles. The fourth-order valence-corrected chi connectivity index (χ4v) is 5.68. The number of nitriles is 1. The van der Waals surface area contributed by atoms with Gasteiger partial charge in [-0.25, -0.2) is 24.1 Å². The van der Waals surface area contributed by atoms with Gasteiger partial charge in [0.15, 0.2) is 23.1 Å². The number of nitrogens with zero attached hydrogens (tertiary/aromatic N) is 4. The lowest BCUT2D eigenvalue weighted by molar-refractivity contribution is -0.135. The molecule has 0 radical (unpaired) electrons. The number of halogens is 3. The van der Waals surface area contributed by atoms with Gasteiger partial charge in [0.1, 0.15) is 11.5 Å². The molecule has 0 spiro atoms. The van der Waals surface area contributed by atoms with Crippen molar-refractivity contribution in [1.29, 1.82) is 5.26 Å². The zero-order valence-electron chi connectivity index (χ0n) is 57.2. The number of hydrogen-bond donors (Lipinski definition) is 2. The largest absolute Gasteiger partial charge is 0.466 e. The number of allylic oxidation sites excluding steroid dienone is 8. The molecule has 0 bridgehead atoms. The second-order valence-electron chi connectivity index (χ2n) is 28.2. The van der Waals surface area contributed by atoms with E-state index in [1.165, 1.54) is 37.9 Å². The van der Waals surface area contributed by atoms with Crippen molar-refractivity contribution in [2.75, 3.05) is 13.7 Å². The smallest absolute Gasteiger partial charge is 0.330 e. The van der Waals surface area contributed by atoms with E-state index in [-0.39, 0.29) is 84.6 Å². The lowest BCUT2D eigenvalue weighted by atomic mass is 9.79. The number of thiazole rings is 1. The van der Waals surface area contributed by atoms with Crippen LogP contribution in [0.2, 0.25) is 0 Å². The summed E-state index contributed by atoms with van der Waals surface area (Å²) in [6.07, 6.45) is 15.3. The van der Waals surface area contributed by atoms with Crippen LogP contribution in [-0.4, -0.2) is 86.0 Å². The zero-order valence-corrected chi connectivity index (χ0v) is 58.0. The van der Waals surface area contributed by atoms with E-state index in [4.69, 9.17) is 10.00 Å². The number of aromatic nitrogens is 3. The molecule has 2 aromatic heterocycles. The number of amides is 1. The van der Waals surface area contributed by atoms with Gasteiger partial charge in [0.25, 0.3) is 11.2 Å². The van der Waals surface area contributed by atoms with Crippen LogP contribution in [0.25, 0.3) is 0 Å². The van der Waals surface area contributed by atoms with E-state index in [9.17, 15) is 47.0 Å². The van der Waals surface area contributed by atoms with Crippen molar-refractivity contribution in [3.8, 4) is 6.07 Å². The average molecular weight is 1220 g/mol. The minimum absolute atomic E-state index is 0.00625. The Bertz CT molecular complexity index is 2540. The molecule has 3 rings (SSSR count). The van der Waals surface area contributed by atoms with Gasteiger partial charge in [0.05, 0.1) is 37.1 Å². The molecule has 1 aliphatic rings. The fraction of sp³-hybridized carbons (Fsp3) is 0.612. The first-order valence-electron chi connectivity index (χ1n) is 27.9. The molecule has 2 unspecified atom stereocenters. The number of aliphatic hydroxyl groups is 1. The molecule has 482 valence electrons. The summed E-state index contributed by atoms with van der Waals surface area (Å²) in [7, 11) is 1.34. The van der Waals surface area contributed by atoms with E-state index in [0.717, 1.165) is 35.0 Å². The molecule has 0 aliphatic heterocycles. The van der Waals surface area contributed by atoms with Crippen LogP contribution < -0.4 is 5.32 Å². The predicted molar refractivity (Wildman–Crippen MR) is 341 cm³/mol. The SMILES string of the molecule is C/C(F)=C/C(=O)C(C)(C)C.C/C=C/C(=O)C(C)(C)C.C=C(C#N)C(O)C(C)(C)C.CC(C)(C)C1CC=CC1=O.CC(C)(C)NC(=O)c1csc(F)n1.CC(C)(C)c1cnc(F)nc1.CC(C)=CC(=O)C(C)(C)C.COC(=O)/C=C/COC(C)(C)C. The molecular formula is C67H108F3N5O9S. The highest BCUT2D eigenvalue weighted by Gasteiger charge is 2.31. The molecule has 2 atom stereocenters. The number of ketones is 4. The van der Waals surface area contributed by atoms with Gasteiger partial charge in [0.2, 0.25) is 0 Å². The maximum Gasteiger partial charge on any atom is 0.330 e. The van der Waals surface area contributed by atoms with Crippen LogP contribution in [0.4, 0.5) is 13.2 Å². The Kier molecular flexibility index (Phi) is 40.9. The third kappa shape index (κ3) is 49.9. The topological polar surface area (TPSA) is 216 Å². The van der Waals surface area contributed by atoms with E-state index in [0.29, 0.717) is 12.4 Å². The summed E-state index contributed by atoms with van der Waals surface area (Å²) >= 11 is 0.820. The summed E-state index contributed by atoms with van der Waals surface area (Å²) in [6.45, 7) is 57.1. The number of ether oxygens (including phenoxy) is 2. The molecular weight excluding hydrogens is 1110 g/mol. The molecule has 2 N–H and O–H groups in total. The van der Waals surface area contributed by atoms with Crippen LogP contribution in [0.5, 0.6) is 0 Å². The average Bonchev–Trinajstić information content (AvgIpc) is 3.97. The minimum atomic E-state index is -0.725. The highest BCUT2D eigenvalue weighted by molar-refractivity contribution is 7.08. The highest BCUT2D eigenvalue weighted by atomic mass is 32.1. The molecule has 2 heterocycles. The molecule has 85 heavy (non-hydrogen) atoms. The summed E-state index contributed by atoms with van der Waals surface area (Å²) < 4.78 is 46.6. The summed E-state index contributed by atoms with van der Waals surface area (Å²) in [6, 6.07) is 1.83. The van der Waals surface area contributed by atoms with Crippen molar-refractivity contribution in [3.63, 3.8) is 0 Å². The van der Waals surface area contributed by atoms with Gasteiger partial charge in [-0.2, -0.15) is 14.0 Å². The number of methoxy groups -OCH3 is 1.